The molecule has 2 rings (SSSR count). The molecule has 1 amide bonds. The third-order valence-corrected chi connectivity index (χ3v) is 6.40. The van der Waals surface area contributed by atoms with Crippen molar-refractivity contribution in [3.05, 3.63) is 51.1 Å². The summed E-state index contributed by atoms with van der Waals surface area (Å²) >= 11 is 0. The van der Waals surface area contributed by atoms with Crippen LogP contribution in [0.25, 0.3) is 0 Å². The number of carbonyl (C=O) groups excluding carboxylic acids is 1. The van der Waals surface area contributed by atoms with E-state index in [4.69, 9.17) is 9.47 Å². The molecule has 10 nitrogen and oxygen atoms in total. The Hall–Kier alpha value is -3.18. The van der Waals surface area contributed by atoms with Gasteiger partial charge in [-0.3, -0.25) is 14.9 Å². The molecule has 162 valence electrons. The molecule has 0 unspecified atom stereocenters. The Balaban J connectivity index is 2.58. The highest BCUT2D eigenvalue weighted by Gasteiger charge is 2.26. The number of hydrogen-bond donors (Lipinski definition) is 1. The second kappa shape index (κ2) is 8.67. The van der Waals surface area contributed by atoms with E-state index >= 15 is 0 Å². The van der Waals surface area contributed by atoms with Crippen LogP contribution >= 0.6 is 0 Å². The second-order valence-corrected chi connectivity index (χ2v) is 8.79. The average Bonchev–Trinajstić information content (AvgIpc) is 2.69. The normalized spacial score (nSPS) is 11.3. The minimum absolute atomic E-state index is 0.00675. The van der Waals surface area contributed by atoms with Crippen molar-refractivity contribution < 1.29 is 27.6 Å². The molecule has 2 aromatic carbocycles. The molecule has 0 fully saturated rings. The van der Waals surface area contributed by atoms with Crippen molar-refractivity contribution in [2.24, 2.45) is 0 Å². The minimum atomic E-state index is -3.74. The fourth-order valence-corrected chi connectivity index (χ4v) is 3.72. The number of sulfonamides is 1. The fraction of sp³-hybridized carbons (Fsp3) is 0.316. The summed E-state index contributed by atoms with van der Waals surface area (Å²) in [7, 11) is 1.72. The smallest absolute Gasteiger partial charge is 0.286 e. The average molecular weight is 437 g/mol. The number of carbonyl (C=O) groups is 1. The van der Waals surface area contributed by atoms with E-state index in [0.717, 1.165) is 10.4 Å². The van der Waals surface area contributed by atoms with Crippen molar-refractivity contribution in [3.8, 4) is 11.5 Å². The largest absolute Gasteiger partial charge is 0.493 e. The highest BCUT2D eigenvalue weighted by molar-refractivity contribution is 7.89. The second-order valence-electron chi connectivity index (χ2n) is 6.64. The molecule has 0 saturated carbocycles. The number of benzene rings is 2. The van der Waals surface area contributed by atoms with Gasteiger partial charge in [0.2, 0.25) is 10.0 Å². The highest BCUT2D eigenvalue weighted by atomic mass is 32.2. The summed E-state index contributed by atoms with van der Waals surface area (Å²) in [5.74, 6) is -0.540. The number of nitro benzene ring substituents is 1. The molecule has 0 aliphatic heterocycles. The number of rotatable bonds is 7. The predicted octanol–water partition coefficient (Wildman–Crippen LogP) is 2.73. The number of nitrogens with zero attached hydrogens (tertiary/aromatic N) is 2. The Morgan fingerprint density at radius 3 is 2.13 bits per heavy atom. The molecule has 0 saturated heterocycles. The van der Waals surface area contributed by atoms with Crippen LogP contribution in [0.5, 0.6) is 11.5 Å². The molecule has 0 spiro atoms. The number of aryl methyl sites for hydroxylation is 1. The lowest BCUT2D eigenvalue weighted by Crippen LogP contribution is -2.23. The van der Waals surface area contributed by atoms with Crippen molar-refractivity contribution in [2.75, 3.05) is 33.6 Å². The number of ether oxygens (including phenoxy) is 2. The van der Waals surface area contributed by atoms with Gasteiger partial charge in [-0.1, -0.05) is 0 Å². The van der Waals surface area contributed by atoms with Crippen LogP contribution in [0.3, 0.4) is 0 Å². The zero-order valence-electron chi connectivity index (χ0n) is 17.5. The molecule has 0 radical (unpaired) electrons. The van der Waals surface area contributed by atoms with Crippen LogP contribution < -0.4 is 14.8 Å². The maximum absolute atomic E-state index is 12.9. The lowest BCUT2D eigenvalue weighted by Gasteiger charge is -2.17. The lowest BCUT2D eigenvalue weighted by atomic mass is 10.1. The van der Waals surface area contributed by atoms with Gasteiger partial charge in [0, 0.05) is 25.8 Å². The monoisotopic (exact) mass is 437 g/mol. The van der Waals surface area contributed by atoms with Gasteiger partial charge in [-0.2, -0.15) is 0 Å². The Bertz CT molecular complexity index is 1110. The van der Waals surface area contributed by atoms with Gasteiger partial charge in [0.1, 0.15) is 5.56 Å². The molecule has 30 heavy (non-hydrogen) atoms. The van der Waals surface area contributed by atoms with Gasteiger partial charge in [0.25, 0.3) is 11.6 Å². The van der Waals surface area contributed by atoms with Crippen LogP contribution in [0.15, 0.2) is 29.2 Å². The molecular formula is C19H23N3O7S. The van der Waals surface area contributed by atoms with E-state index in [1.54, 1.807) is 13.8 Å². The van der Waals surface area contributed by atoms with E-state index in [1.165, 1.54) is 46.5 Å². The summed E-state index contributed by atoms with van der Waals surface area (Å²) in [6.07, 6.45) is 0. The predicted molar refractivity (Wildman–Crippen MR) is 111 cm³/mol. The molecule has 0 aromatic heterocycles. The van der Waals surface area contributed by atoms with Gasteiger partial charge in [0.05, 0.1) is 30.1 Å². The summed E-state index contributed by atoms with van der Waals surface area (Å²) in [6.45, 7) is 3.42. The molecule has 0 atom stereocenters. The number of nitro groups is 1. The third kappa shape index (κ3) is 4.36. The first-order valence-electron chi connectivity index (χ1n) is 8.69. The summed E-state index contributed by atoms with van der Waals surface area (Å²) in [5.41, 5.74) is 0.760. The van der Waals surface area contributed by atoms with Crippen molar-refractivity contribution in [3.63, 3.8) is 0 Å². The number of hydrogen-bond acceptors (Lipinski definition) is 7. The van der Waals surface area contributed by atoms with Gasteiger partial charge < -0.3 is 14.8 Å². The topological polar surface area (TPSA) is 128 Å². The van der Waals surface area contributed by atoms with E-state index in [2.05, 4.69) is 5.32 Å². The molecular weight excluding hydrogens is 414 g/mol. The molecule has 0 aliphatic rings. The van der Waals surface area contributed by atoms with Gasteiger partial charge in [0.15, 0.2) is 11.5 Å². The standard InChI is InChI=1S/C19H23N3O7S/c1-11-7-13(30(26,27)21(3)4)8-15(12(11)2)20-19(23)14-9-17(28-5)18(29-6)10-16(14)22(24)25/h7-10H,1-6H3,(H,20,23). The maximum atomic E-state index is 12.9. The SMILES string of the molecule is COc1cc(C(=O)Nc2cc(S(=O)(=O)N(C)C)cc(C)c2C)c([N+](=O)[O-])cc1OC. The molecule has 11 heteroatoms. The van der Waals surface area contributed by atoms with E-state index in [-0.39, 0.29) is 27.6 Å². The van der Waals surface area contributed by atoms with E-state index < -0.39 is 26.5 Å². The van der Waals surface area contributed by atoms with Crippen LogP contribution in [0.1, 0.15) is 21.5 Å². The quantitative estimate of drug-likeness (QED) is 0.521. The molecule has 0 aliphatic carbocycles. The van der Waals surface area contributed by atoms with Gasteiger partial charge in [-0.25, -0.2) is 12.7 Å². The van der Waals surface area contributed by atoms with Gasteiger partial charge in [-0.05, 0) is 37.1 Å². The zero-order valence-corrected chi connectivity index (χ0v) is 18.3. The van der Waals surface area contributed by atoms with Crippen molar-refractivity contribution in [1.82, 2.24) is 4.31 Å². The molecule has 1 N–H and O–H groups in total. The Kier molecular flexibility index (Phi) is 6.68. The van der Waals surface area contributed by atoms with Crippen LogP contribution in [-0.4, -0.2) is 51.9 Å². The van der Waals surface area contributed by atoms with E-state index in [0.29, 0.717) is 11.1 Å². The minimum Gasteiger partial charge on any atom is -0.493 e. The lowest BCUT2D eigenvalue weighted by molar-refractivity contribution is -0.385. The van der Waals surface area contributed by atoms with E-state index in [1.807, 2.05) is 0 Å². The number of anilines is 1. The summed E-state index contributed by atoms with van der Waals surface area (Å²) < 4.78 is 36.2. The summed E-state index contributed by atoms with van der Waals surface area (Å²) in [5, 5.41) is 14.1. The number of methoxy groups -OCH3 is 2. The van der Waals surface area contributed by atoms with E-state index in [9.17, 15) is 23.3 Å². The van der Waals surface area contributed by atoms with Crippen molar-refractivity contribution in [1.29, 1.82) is 0 Å². The number of amides is 1. The third-order valence-electron chi connectivity index (χ3n) is 4.61. The van der Waals surface area contributed by atoms with Crippen LogP contribution in [0, 0.1) is 24.0 Å². The first kappa shape index (κ1) is 23.1. The zero-order chi connectivity index (χ0) is 22.8. The van der Waals surface area contributed by atoms with Crippen molar-refractivity contribution >= 4 is 27.3 Å². The summed E-state index contributed by atoms with van der Waals surface area (Å²) in [6, 6.07) is 5.12. The van der Waals surface area contributed by atoms with Crippen LogP contribution in [-0.2, 0) is 10.0 Å². The van der Waals surface area contributed by atoms with Gasteiger partial charge >= 0.3 is 0 Å². The van der Waals surface area contributed by atoms with Gasteiger partial charge in [-0.15, -0.1) is 0 Å². The maximum Gasteiger partial charge on any atom is 0.286 e. The fourth-order valence-electron chi connectivity index (χ4n) is 2.71. The Labute approximate surface area is 174 Å². The van der Waals surface area contributed by atoms with Crippen molar-refractivity contribution in [2.45, 2.75) is 18.7 Å². The summed E-state index contributed by atoms with van der Waals surface area (Å²) in [4.78, 5) is 23.7. The number of nitrogens with one attached hydrogen (secondary N) is 1. The highest BCUT2D eigenvalue weighted by Crippen LogP contribution is 2.35. The first-order valence-corrected chi connectivity index (χ1v) is 10.1. The first-order chi connectivity index (χ1) is 13.9. The Morgan fingerprint density at radius 2 is 1.63 bits per heavy atom. The Morgan fingerprint density at radius 1 is 1.07 bits per heavy atom. The molecule has 2 aromatic rings. The van der Waals surface area contributed by atoms with Crippen LogP contribution in [0.4, 0.5) is 11.4 Å². The van der Waals surface area contributed by atoms with Crippen LogP contribution in [0.2, 0.25) is 0 Å². The molecule has 0 heterocycles. The molecule has 0 bridgehead atoms.